The van der Waals surface area contributed by atoms with Gasteiger partial charge >= 0.3 is 12.1 Å². The summed E-state index contributed by atoms with van der Waals surface area (Å²) in [7, 11) is 0. The molecule has 0 saturated carbocycles. The van der Waals surface area contributed by atoms with Crippen LogP contribution in [0.5, 0.6) is 0 Å². The zero-order valence-corrected chi connectivity index (χ0v) is 28.9. The standard InChI is InChI=1S/C35H45F3N8O2/c1-9-13-14-22(10-2)32(47)39-23-15-17-27(41-33(48)35(36,37)38)25(20-23)30-42-43-31-28(29(34(6,7)8)44-46(30)31)40-26-18-16-24(19-21(26)5)45(11-3)12-4/h15-20,22H,9-14H2,1-8H3,(H,39,47)(H,41,48). The fourth-order valence-corrected chi connectivity index (χ4v) is 5.55. The SMILES string of the molecule is CCCCC(CC)C(=O)Nc1ccc(NC(=O)C(F)(F)F)c(-c2nnc3n2N=C(C(C)(C)C)C3=Nc2ccc(N(CC)CC)cc2C)c1. The molecule has 0 spiro atoms. The number of alkyl halides is 3. The number of nitrogens with zero attached hydrogens (tertiary/aromatic N) is 6. The molecule has 0 bridgehead atoms. The molecule has 0 fully saturated rings. The van der Waals surface area contributed by atoms with Gasteiger partial charge in [0, 0.05) is 41.4 Å². The van der Waals surface area contributed by atoms with Crippen LogP contribution in [0.4, 0.5) is 35.9 Å². The largest absolute Gasteiger partial charge is 0.471 e. The molecule has 1 aliphatic heterocycles. The Morgan fingerprint density at radius 2 is 1.65 bits per heavy atom. The molecule has 1 aromatic heterocycles. The Kier molecular flexibility index (Phi) is 11.1. The number of benzene rings is 2. The average Bonchev–Trinajstić information content (AvgIpc) is 3.60. The van der Waals surface area contributed by atoms with E-state index in [9.17, 15) is 22.8 Å². The van der Waals surface area contributed by atoms with Crippen LogP contribution in [0.15, 0.2) is 46.5 Å². The zero-order valence-electron chi connectivity index (χ0n) is 28.9. The van der Waals surface area contributed by atoms with Crippen molar-refractivity contribution >= 4 is 46.0 Å². The first-order valence-electron chi connectivity index (χ1n) is 16.5. The van der Waals surface area contributed by atoms with E-state index < -0.39 is 17.5 Å². The fourth-order valence-electron chi connectivity index (χ4n) is 5.55. The van der Waals surface area contributed by atoms with Crippen LogP contribution in [0.3, 0.4) is 0 Å². The lowest BCUT2D eigenvalue weighted by molar-refractivity contribution is -0.167. The van der Waals surface area contributed by atoms with Gasteiger partial charge in [0.1, 0.15) is 5.71 Å². The molecule has 0 radical (unpaired) electrons. The fraction of sp³-hybridized carbons (Fsp3) is 0.486. The Hall–Kier alpha value is -4.55. The Morgan fingerprint density at radius 3 is 2.23 bits per heavy atom. The van der Waals surface area contributed by atoms with Crippen LogP contribution >= 0.6 is 0 Å². The second-order valence-corrected chi connectivity index (χ2v) is 12.9. The first-order chi connectivity index (χ1) is 22.6. The summed E-state index contributed by atoms with van der Waals surface area (Å²) in [4.78, 5) is 32.4. The molecular formula is C35H45F3N8O2. The minimum atomic E-state index is -5.12. The van der Waals surface area contributed by atoms with E-state index in [1.54, 1.807) is 0 Å². The van der Waals surface area contributed by atoms with E-state index in [1.807, 2.05) is 52.1 Å². The van der Waals surface area contributed by atoms with Crippen LogP contribution in [0, 0.1) is 18.3 Å². The molecule has 0 saturated heterocycles. The van der Waals surface area contributed by atoms with Gasteiger partial charge in [0.05, 0.1) is 17.1 Å². The summed E-state index contributed by atoms with van der Waals surface area (Å²) in [5.74, 6) is -2.18. The van der Waals surface area contributed by atoms with E-state index in [1.165, 1.54) is 22.9 Å². The number of aromatic nitrogens is 3. The molecule has 13 heteroatoms. The van der Waals surface area contributed by atoms with Crippen molar-refractivity contribution in [3.63, 3.8) is 0 Å². The van der Waals surface area contributed by atoms with E-state index in [0.29, 0.717) is 41.5 Å². The van der Waals surface area contributed by atoms with Gasteiger partial charge in [-0.1, -0.05) is 47.5 Å². The predicted molar refractivity (Wildman–Crippen MR) is 185 cm³/mol. The maximum absolute atomic E-state index is 13.3. The molecule has 10 nitrogen and oxygen atoms in total. The molecule has 2 aromatic carbocycles. The van der Waals surface area contributed by atoms with Gasteiger partial charge in [-0.25, -0.2) is 4.99 Å². The monoisotopic (exact) mass is 666 g/mol. The van der Waals surface area contributed by atoms with E-state index in [4.69, 9.17) is 10.1 Å². The summed E-state index contributed by atoms with van der Waals surface area (Å²) in [6.07, 6.45) is -1.93. The number of unbranched alkanes of at least 4 members (excludes halogenated alkanes) is 1. The van der Waals surface area contributed by atoms with Gasteiger partial charge in [-0.15, -0.1) is 10.2 Å². The quantitative estimate of drug-likeness (QED) is 0.202. The highest BCUT2D eigenvalue weighted by atomic mass is 19.4. The van der Waals surface area contributed by atoms with Crippen LogP contribution in [0.1, 0.15) is 85.5 Å². The van der Waals surface area contributed by atoms with Gasteiger partial charge in [-0.05, 0) is 75.6 Å². The molecule has 1 atom stereocenters. The lowest BCUT2D eigenvalue weighted by Crippen LogP contribution is -2.30. The van der Waals surface area contributed by atoms with Crippen molar-refractivity contribution in [3.8, 4) is 11.4 Å². The number of rotatable bonds is 12. The van der Waals surface area contributed by atoms with Crippen LogP contribution in [-0.4, -0.2) is 57.4 Å². The minimum absolute atomic E-state index is 0.0807. The lowest BCUT2D eigenvalue weighted by Gasteiger charge is -2.22. The van der Waals surface area contributed by atoms with E-state index in [-0.39, 0.29) is 28.9 Å². The van der Waals surface area contributed by atoms with Crippen molar-refractivity contribution < 1.29 is 22.8 Å². The number of amides is 2. The average molecular weight is 667 g/mol. The molecule has 4 rings (SSSR count). The van der Waals surface area contributed by atoms with Crippen LogP contribution in [0.25, 0.3) is 11.4 Å². The number of anilines is 3. The third kappa shape index (κ3) is 7.94. The Balaban J connectivity index is 1.83. The number of carbonyl (C=O) groups excluding carboxylic acids is 2. The Bertz CT molecular complexity index is 1720. The molecule has 0 aliphatic carbocycles. The number of nitrogens with one attached hydrogen (secondary N) is 2. The number of halogens is 3. The predicted octanol–water partition coefficient (Wildman–Crippen LogP) is 8.14. The van der Waals surface area contributed by atoms with E-state index in [2.05, 4.69) is 47.3 Å². The highest BCUT2D eigenvalue weighted by molar-refractivity contribution is 6.50. The lowest BCUT2D eigenvalue weighted by atomic mass is 9.87. The summed E-state index contributed by atoms with van der Waals surface area (Å²) in [6, 6.07) is 10.3. The molecule has 2 amide bonds. The summed E-state index contributed by atoms with van der Waals surface area (Å²) in [6.45, 7) is 17.8. The Morgan fingerprint density at radius 1 is 0.958 bits per heavy atom. The molecule has 2 heterocycles. The second kappa shape index (κ2) is 14.7. The number of hydrogen-bond donors (Lipinski definition) is 2. The first-order valence-corrected chi connectivity index (χ1v) is 16.5. The molecule has 1 unspecified atom stereocenters. The second-order valence-electron chi connectivity index (χ2n) is 12.9. The molecule has 48 heavy (non-hydrogen) atoms. The Labute approximate surface area is 279 Å². The maximum Gasteiger partial charge on any atom is 0.471 e. The van der Waals surface area contributed by atoms with Gasteiger partial charge in [0.25, 0.3) is 0 Å². The molecule has 258 valence electrons. The van der Waals surface area contributed by atoms with Gasteiger partial charge in [0.2, 0.25) is 11.7 Å². The minimum Gasteiger partial charge on any atom is -0.372 e. The third-order valence-electron chi connectivity index (χ3n) is 8.33. The first kappa shape index (κ1) is 36.3. The van der Waals surface area contributed by atoms with Gasteiger partial charge in [0.15, 0.2) is 5.82 Å². The molecular weight excluding hydrogens is 621 g/mol. The summed E-state index contributed by atoms with van der Waals surface area (Å²) >= 11 is 0. The van der Waals surface area contributed by atoms with Crippen LogP contribution in [-0.2, 0) is 9.59 Å². The van der Waals surface area contributed by atoms with Gasteiger partial charge in [-0.2, -0.15) is 22.9 Å². The molecule has 1 aliphatic rings. The van der Waals surface area contributed by atoms with E-state index in [0.717, 1.165) is 37.2 Å². The van der Waals surface area contributed by atoms with Crippen LogP contribution < -0.4 is 15.5 Å². The van der Waals surface area contributed by atoms with Crippen molar-refractivity contribution in [2.75, 3.05) is 28.6 Å². The molecule has 2 N–H and O–H groups in total. The summed E-state index contributed by atoms with van der Waals surface area (Å²) in [5, 5.41) is 18.4. The smallest absolute Gasteiger partial charge is 0.372 e. The summed E-state index contributed by atoms with van der Waals surface area (Å²) in [5.41, 5.74) is 3.61. The van der Waals surface area contributed by atoms with Gasteiger partial charge in [-0.3, -0.25) is 9.59 Å². The number of carbonyl (C=O) groups is 2. The maximum atomic E-state index is 13.3. The highest BCUT2D eigenvalue weighted by Gasteiger charge is 2.40. The van der Waals surface area contributed by atoms with E-state index >= 15 is 0 Å². The molecule has 3 aromatic rings. The third-order valence-corrected chi connectivity index (χ3v) is 8.33. The van der Waals surface area contributed by atoms with Gasteiger partial charge < -0.3 is 15.5 Å². The topological polar surface area (TPSA) is 117 Å². The van der Waals surface area contributed by atoms with Crippen molar-refractivity contribution in [1.29, 1.82) is 0 Å². The number of hydrogen-bond acceptors (Lipinski definition) is 7. The number of fused-ring (bicyclic) bond motifs is 1. The number of aliphatic imine (C=N–C) groups is 1. The van der Waals surface area contributed by atoms with Crippen LogP contribution in [0.2, 0.25) is 0 Å². The normalized spacial score (nSPS) is 14.5. The van der Waals surface area contributed by atoms with Crippen molar-refractivity contribution in [2.45, 2.75) is 87.2 Å². The number of aryl methyl sites for hydroxylation is 1. The zero-order chi connectivity index (χ0) is 35.4. The van der Waals surface area contributed by atoms with Crippen molar-refractivity contribution in [2.24, 2.45) is 21.4 Å². The van der Waals surface area contributed by atoms with Crippen molar-refractivity contribution in [3.05, 3.63) is 47.8 Å². The highest BCUT2D eigenvalue weighted by Crippen LogP contribution is 2.36. The summed E-state index contributed by atoms with van der Waals surface area (Å²) < 4.78 is 41.5. The van der Waals surface area contributed by atoms with Crippen molar-refractivity contribution in [1.82, 2.24) is 14.9 Å².